The molecule has 0 amide bonds. The maximum atomic E-state index is 12.7. The fourth-order valence-corrected chi connectivity index (χ4v) is 4.03. The second-order valence-corrected chi connectivity index (χ2v) is 8.31. The molecule has 1 aliphatic rings. The van der Waals surface area contributed by atoms with Crippen molar-refractivity contribution in [2.75, 3.05) is 45.9 Å². The maximum Gasteiger partial charge on any atom is 0.192 e. The van der Waals surface area contributed by atoms with Crippen LogP contribution in [0.2, 0.25) is 0 Å². The Morgan fingerprint density at radius 2 is 1.90 bits per heavy atom. The molecule has 31 heavy (non-hydrogen) atoms. The van der Waals surface area contributed by atoms with Gasteiger partial charge in [-0.3, -0.25) is 9.59 Å². The molecule has 1 unspecified atom stereocenters. The molecule has 2 heterocycles. The van der Waals surface area contributed by atoms with E-state index in [2.05, 4.69) is 23.3 Å². The van der Waals surface area contributed by atoms with Gasteiger partial charge in [0.05, 0.1) is 31.0 Å². The molecule has 0 bridgehead atoms. The van der Waals surface area contributed by atoms with Crippen LogP contribution in [0.1, 0.15) is 43.6 Å². The van der Waals surface area contributed by atoms with Crippen molar-refractivity contribution in [2.24, 2.45) is 5.92 Å². The number of ketones is 1. The number of pyridine rings is 1. The lowest BCUT2D eigenvalue weighted by atomic mass is 10.0. The van der Waals surface area contributed by atoms with Crippen LogP contribution in [0.4, 0.5) is 5.69 Å². The third kappa shape index (κ3) is 4.61. The minimum absolute atomic E-state index is 0.0863. The highest BCUT2D eigenvalue weighted by Crippen LogP contribution is 2.43. The zero-order chi connectivity index (χ0) is 22.7. The fraction of sp³-hybridized carbons (Fsp3) is 0.500. The predicted octanol–water partition coefficient (Wildman–Crippen LogP) is 3.79. The largest absolute Gasteiger partial charge is 0.493 e. The standard InChI is InChI=1S/C24H32N2O5/c1-15(2)21-14-25(4)19-12-24(31-9-7-8-29-5)23(30-6)10-17(19)20-11-22(28)18(16(3)27)13-26(20)21/h10-13,15,21H,7-9,14H2,1-6H3. The summed E-state index contributed by atoms with van der Waals surface area (Å²) in [4.78, 5) is 26.9. The molecule has 0 saturated carbocycles. The molecule has 0 radical (unpaired) electrons. The van der Waals surface area contributed by atoms with Gasteiger partial charge in [-0.15, -0.1) is 0 Å². The topological polar surface area (TPSA) is 70.0 Å². The average Bonchev–Trinajstić information content (AvgIpc) is 2.84. The maximum absolute atomic E-state index is 12.7. The van der Waals surface area contributed by atoms with E-state index >= 15 is 0 Å². The van der Waals surface area contributed by atoms with Crippen LogP contribution in [0.5, 0.6) is 11.5 Å². The van der Waals surface area contributed by atoms with E-state index in [1.54, 1.807) is 26.5 Å². The molecular formula is C24H32N2O5. The number of methoxy groups -OCH3 is 2. The SMILES string of the molecule is COCCCOc1cc2c(cc1OC)-c1cc(=O)c(C(C)=O)cn1C(C(C)C)CN2C. The number of fused-ring (bicyclic) bond motifs is 3. The second-order valence-electron chi connectivity index (χ2n) is 8.31. The van der Waals surface area contributed by atoms with Gasteiger partial charge in [-0.25, -0.2) is 0 Å². The molecule has 7 heteroatoms. The first-order valence-electron chi connectivity index (χ1n) is 10.6. The Hall–Kier alpha value is -2.80. The first-order chi connectivity index (χ1) is 14.8. The van der Waals surface area contributed by atoms with Crippen LogP contribution in [0.15, 0.2) is 29.2 Å². The number of Topliss-reactive ketones (excluding diaryl/α,β-unsaturated/α-hetero) is 1. The second kappa shape index (κ2) is 9.56. The highest BCUT2D eigenvalue weighted by molar-refractivity contribution is 5.94. The first-order valence-corrected chi connectivity index (χ1v) is 10.6. The highest BCUT2D eigenvalue weighted by atomic mass is 16.5. The van der Waals surface area contributed by atoms with Gasteiger partial charge >= 0.3 is 0 Å². The van der Waals surface area contributed by atoms with E-state index in [1.165, 1.54) is 6.92 Å². The van der Waals surface area contributed by atoms with Crippen LogP contribution in [0.3, 0.4) is 0 Å². The van der Waals surface area contributed by atoms with Crippen LogP contribution in [-0.4, -0.2) is 51.4 Å². The van der Waals surface area contributed by atoms with Crippen molar-refractivity contribution in [3.8, 4) is 22.8 Å². The lowest BCUT2D eigenvalue weighted by molar-refractivity contribution is 0.101. The average molecular weight is 429 g/mol. The van der Waals surface area contributed by atoms with Gasteiger partial charge in [0.15, 0.2) is 22.7 Å². The molecule has 0 saturated heterocycles. The Balaban J connectivity index is 2.19. The zero-order valence-corrected chi connectivity index (χ0v) is 19.2. The summed E-state index contributed by atoms with van der Waals surface area (Å²) in [6.07, 6.45) is 2.49. The van der Waals surface area contributed by atoms with E-state index in [0.29, 0.717) is 30.6 Å². The van der Waals surface area contributed by atoms with Crippen LogP contribution >= 0.6 is 0 Å². The molecule has 1 aromatic carbocycles. The van der Waals surface area contributed by atoms with Crippen molar-refractivity contribution in [3.63, 3.8) is 0 Å². The Kier molecular flexibility index (Phi) is 7.05. The Bertz CT molecular complexity index is 1010. The number of carbonyl (C=O) groups is 1. The lowest BCUT2D eigenvalue weighted by Crippen LogP contribution is -2.30. The molecule has 1 aromatic heterocycles. The molecule has 2 aromatic rings. The summed E-state index contributed by atoms with van der Waals surface area (Å²) in [5, 5.41) is 0. The van der Waals surface area contributed by atoms with Gasteiger partial charge in [-0.1, -0.05) is 13.8 Å². The van der Waals surface area contributed by atoms with E-state index in [-0.39, 0.29) is 22.8 Å². The number of anilines is 1. The van der Waals surface area contributed by atoms with E-state index < -0.39 is 0 Å². The van der Waals surface area contributed by atoms with Crippen LogP contribution in [-0.2, 0) is 4.74 Å². The number of aromatic nitrogens is 1. The van der Waals surface area contributed by atoms with Gasteiger partial charge in [-0.2, -0.15) is 0 Å². The molecule has 0 fully saturated rings. The summed E-state index contributed by atoms with van der Waals surface area (Å²) in [6, 6.07) is 5.54. The van der Waals surface area contributed by atoms with Crippen molar-refractivity contribution in [3.05, 3.63) is 40.2 Å². The molecule has 3 rings (SSSR count). The highest BCUT2D eigenvalue weighted by Gasteiger charge is 2.29. The normalized spacial score (nSPS) is 15.3. The molecule has 1 aliphatic heterocycles. The smallest absolute Gasteiger partial charge is 0.192 e. The minimum Gasteiger partial charge on any atom is -0.493 e. The van der Waals surface area contributed by atoms with Gasteiger partial charge in [0, 0.05) is 63.3 Å². The van der Waals surface area contributed by atoms with Crippen LogP contribution in [0, 0.1) is 5.92 Å². The van der Waals surface area contributed by atoms with Gasteiger partial charge in [-0.05, 0) is 18.9 Å². The summed E-state index contributed by atoms with van der Waals surface area (Å²) in [5.74, 6) is 1.33. The molecule has 7 nitrogen and oxygen atoms in total. The lowest BCUT2D eigenvalue weighted by Gasteiger charge is -2.28. The fourth-order valence-electron chi connectivity index (χ4n) is 4.03. The Labute approximate surface area is 183 Å². The summed E-state index contributed by atoms with van der Waals surface area (Å²) in [7, 11) is 5.30. The van der Waals surface area contributed by atoms with Gasteiger partial charge in [0.2, 0.25) is 0 Å². The van der Waals surface area contributed by atoms with Crippen molar-refractivity contribution in [1.29, 1.82) is 0 Å². The van der Waals surface area contributed by atoms with Crippen molar-refractivity contribution in [2.45, 2.75) is 33.2 Å². The third-order valence-electron chi connectivity index (χ3n) is 5.77. The monoisotopic (exact) mass is 428 g/mol. The number of ether oxygens (including phenoxy) is 3. The molecule has 0 aliphatic carbocycles. The van der Waals surface area contributed by atoms with E-state index in [9.17, 15) is 9.59 Å². The summed E-state index contributed by atoms with van der Waals surface area (Å²) >= 11 is 0. The summed E-state index contributed by atoms with van der Waals surface area (Å²) in [6.45, 7) is 7.59. The summed E-state index contributed by atoms with van der Waals surface area (Å²) in [5.41, 5.74) is 2.55. The van der Waals surface area contributed by atoms with Gasteiger partial charge in [0.25, 0.3) is 0 Å². The van der Waals surface area contributed by atoms with Crippen molar-refractivity contribution >= 4 is 11.5 Å². The number of carbonyl (C=O) groups excluding carboxylic acids is 1. The number of likely N-dealkylation sites (N-methyl/N-ethyl adjacent to an activating group) is 1. The molecule has 168 valence electrons. The van der Waals surface area contributed by atoms with Gasteiger partial charge < -0.3 is 23.7 Å². The Morgan fingerprint density at radius 3 is 2.52 bits per heavy atom. The van der Waals surface area contributed by atoms with Crippen LogP contribution < -0.4 is 19.8 Å². The number of hydrogen-bond donors (Lipinski definition) is 0. The predicted molar refractivity (Wildman–Crippen MR) is 122 cm³/mol. The van der Waals surface area contributed by atoms with E-state index in [4.69, 9.17) is 14.2 Å². The number of hydrogen-bond acceptors (Lipinski definition) is 6. The zero-order valence-electron chi connectivity index (χ0n) is 19.2. The molecular weight excluding hydrogens is 396 g/mol. The quantitative estimate of drug-likeness (QED) is 0.471. The molecule has 0 N–H and O–H groups in total. The number of rotatable bonds is 8. The third-order valence-corrected chi connectivity index (χ3v) is 5.77. The van der Waals surface area contributed by atoms with Crippen molar-refractivity contribution < 1.29 is 19.0 Å². The summed E-state index contributed by atoms with van der Waals surface area (Å²) < 4.78 is 18.8. The molecule has 0 spiro atoms. The van der Waals surface area contributed by atoms with Crippen molar-refractivity contribution in [1.82, 2.24) is 4.57 Å². The minimum atomic E-state index is -0.268. The molecule has 1 atom stereocenters. The Morgan fingerprint density at radius 1 is 1.16 bits per heavy atom. The van der Waals surface area contributed by atoms with E-state index in [0.717, 1.165) is 29.9 Å². The first kappa shape index (κ1) is 22.9. The van der Waals surface area contributed by atoms with Crippen LogP contribution in [0.25, 0.3) is 11.3 Å². The number of benzene rings is 1. The van der Waals surface area contributed by atoms with E-state index in [1.807, 2.05) is 19.2 Å². The van der Waals surface area contributed by atoms with Gasteiger partial charge in [0.1, 0.15) is 0 Å². The number of nitrogens with zero attached hydrogens (tertiary/aromatic N) is 2.